The van der Waals surface area contributed by atoms with Crippen LogP contribution in [0.2, 0.25) is 0 Å². The standard InChI is InChI=1S/C27H29N3O3/c1-7-22-24(28-5)23(25(30(22)6)27(32)33-8-2)20-11-9-18(10-12-20)19-13-15-21(16-14-19)29-26(31)17(3)4/h9-17H,7-8H2,1-4,6H3,(H,29,31). The predicted molar refractivity (Wildman–Crippen MR) is 131 cm³/mol. The van der Waals surface area contributed by atoms with Crippen molar-refractivity contribution in [2.24, 2.45) is 13.0 Å². The number of nitrogens with zero attached hydrogens (tertiary/aromatic N) is 2. The molecule has 1 aromatic heterocycles. The van der Waals surface area contributed by atoms with Gasteiger partial charge in [-0.15, -0.1) is 0 Å². The zero-order valence-electron chi connectivity index (χ0n) is 19.7. The zero-order valence-corrected chi connectivity index (χ0v) is 19.7. The Morgan fingerprint density at radius 3 is 2.03 bits per heavy atom. The Balaban J connectivity index is 1.97. The van der Waals surface area contributed by atoms with Crippen molar-refractivity contribution in [1.82, 2.24) is 4.57 Å². The second kappa shape index (κ2) is 10.2. The number of esters is 1. The number of amides is 1. The van der Waals surface area contributed by atoms with E-state index < -0.39 is 5.97 Å². The molecule has 0 bridgehead atoms. The van der Waals surface area contributed by atoms with Crippen molar-refractivity contribution in [1.29, 1.82) is 0 Å². The summed E-state index contributed by atoms with van der Waals surface area (Å²) in [5.74, 6) is -0.527. The van der Waals surface area contributed by atoms with Gasteiger partial charge in [-0.3, -0.25) is 4.79 Å². The lowest BCUT2D eigenvalue weighted by Crippen LogP contribution is -2.17. The van der Waals surface area contributed by atoms with Gasteiger partial charge in [-0.2, -0.15) is 0 Å². The number of carbonyl (C=O) groups excluding carboxylic acids is 2. The monoisotopic (exact) mass is 443 g/mol. The van der Waals surface area contributed by atoms with E-state index >= 15 is 0 Å². The number of ether oxygens (including phenoxy) is 1. The molecule has 0 spiro atoms. The first-order chi connectivity index (χ1) is 15.8. The van der Waals surface area contributed by atoms with Gasteiger partial charge in [0.25, 0.3) is 0 Å². The molecule has 0 saturated heterocycles. The molecule has 170 valence electrons. The molecule has 0 atom stereocenters. The van der Waals surface area contributed by atoms with Crippen LogP contribution in [-0.4, -0.2) is 23.1 Å². The van der Waals surface area contributed by atoms with Gasteiger partial charge in [-0.25, -0.2) is 9.64 Å². The Bertz CT molecular complexity index is 1200. The second-order valence-corrected chi connectivity index (χ2v) is 8.06. The molecule has 33 heavy (non-hydrogen) atoms. The SMILES string of the molecule is [C-]#[N+]c1c(-c2ccc(-c3ccc(NC(=O)C(C)C)cc3)cc2)c(C(=O)OCC)n(C)c1CC. The highest BCUT2D eigenvalue weighted by atomic mass is 16.5. The van der Waals surface area contributed by atoms with Crippen LogP contribution in [0, 0.1) is 12.5 Å². The van der Waals surface area contributed by atoms with Crippen molar-refractivity contribution in [3.8, 4) is 22.3 Å². The summed E-state index contributed by atoms with van der Waals surface area (Å²) in [7, 11) is 1.80. The average molecular weight is 444 g/mol. The molecule has 0 aliphatic rings. The molecule has 1 amide bonds. The lowest BCUT2D eigenvalue weighted by molar-refractivity contribution is -0.118. The predicted octanol–water partition coefficient (Wildman–Crippen LogP) is 6.24. The summed E-state index contributed by atoms with van der Waals surface area (Å²) >= 11 is 0. The second-order valence-electron chi connectivity index (χ2n) is 8.06. The van der Waals surface area contributed by atoms with Gasteiger partial charge in [-0.05, 0) is 42.2 Å². The van der Waals surface area contributed by atoms with Crippen molar-refractivity contribution >= 4 is 23.3 Å². The van der Waals surface area contributed by atoms with Gasteiger partial charge < -0.3 is 14.6 Å². The molecule has 0 saturated carbocycles. The number of nitrogens with one attached hydrogen (secondary N) is 1. The summed E-state index contributed by atoms with van der Waals surface area (Å²) in [5.41, 5.74) is 5.86. The number of hydrogen-bond acceptors (Lipinski definition) is 3. The topological polar surface area (TPSA) is 64.7 Å². The number of hydrogen-bond donors (Lipinski definition) is 1. The van der Waals surface area contributed by atoms with Crippen molar-refractivity contribution in [2.75, 3.05) is 11.9 Å². The highest BCUT2D eigenvalue weighted by Gasteiger charge is 2.26. The molecule has 0 fully saturated rings. The first-order valence-corrected chi connectivity index (χ1v) is 11.1. The van der Waals surface area contributed by atoms with Crippen molar-refractivity contribution in [3.05, 3.63) is 71.3 Å². The zero-order chi connectivity index (χ0) is 24.1. The molecular weight excluding hydrogens is 414 g/mol. The summed E-state index contributed by atoms with van der Waals surface area (Å²) in [6, 6.07) is 15.5. The molecule has 3 aromatic rings. The highest BCUT2D eigenvalue weighted by Crippen LogP contribution is 2.40. The average Bonchev–Trinajstić information content (AvgIpc) is 3.11. The molecule has 3 rings (SSSR count). The van der Waals surface area contributed by atoms with Gasteiger partial charge >= 0.3 is 5.97 Å². The van der Waals surface area contributed by atoms with Crippen molar-refractivity contribution in [3.63, 3.8) is 0 Å². The Morgan fingerprint density at radius 1 is 1.00 bits per heavy atom. The summed E-state index contributed by atoms with van der Waals surface area (Å²) < 4.78 is 7.06. The van der Waals surface area contributed by atoms with Crippen LogP contribution in [0.4, 0.5) is 11.4 Å². The van der Waals surface area contributed by atoms with Gasteiger partial charge in [0.2, 0.25) is 11.6 Å². The lowest BCUT2D eigenvalue weighted by atomic mass is 9.99. The van der Waals surface area contributed by atoms with E-state index in [0.717, 1.165) is 28.1 Å². The van der Waals surface area contributed by atoms with Crippen LogP contribution in [0.25, 0.3) is 27.1 Å². The van der Waals surface area contributed by atoms with Crippen LogP contribution < -0.4 is 5.32 Å². The Labute approximate surface area is 195 Å². The third kappa shape index (κ3) is 4.83. The van der Waals surface area contributed by atoms with E-state index in [-0.39, 0.29) is 18.4 Å². The number of anilines is 1. The number of carbonyl (C=O) groups is 2. The Hall–Kier alpha value is -3.85. The number of aromatic nitrogens is 1. The largest absolute Gasteiger partial charge is 0.461 e. The van der Waals surface area contributed by atoms with Gasteiger partial charge in [-0.1, -0.05) is 57.2 Å². The lowest BCUT2D eigenvalue weighted by Gasteiger charge is -2.10. The molecule has 2 aromatic carbocycles. The molecule has 0 aliphatic heterocycles. The fraction of sp³-hybridized carbons (Fsp3) is 0.296. The van der Waals surface area contributed by atoms with Crippen molar-refractivity contribution < 1.29 is 14.3 Å². The smallest absolute Gasteiger partial charge is 0.354 e. The van der Waals surface area contributed by atoms with Crippen LogP contribution in [0.5, 0.6) is 0 Å². The molecule has 6 nitrogen and oxygen atoms in total. The van der Waals surface area contributed by atoms with E-state index in [9.17, 15) is 9.59 Å². The van der Waals surface area contributed by atoms with Crippen LogP contribution >= 0.6 is 0 Å². The maximum absolute atomic E-state index is 12.7. The molecular formula is C27H29N3O3. The summed E-state index contributed by atoms with van der Waals surface area (Å²) in [5, 5.41) is 2.89. The molecule has 1 heterocycles. The quantitative estimate of drug-likeness (QED) is 0.347. The van der Waals surface area contributed by atoms with Gasteiger partial charge in [0, 0.05) is 29.9 Å². The Kier molecular flexibility index (Phi) is 7.34. The van der Waals surface area contributed by atoms with E-state index in [4.69, 9.17) is 11.3 Å². The maximum atomic E-state index is 12.7. The van der Waals surface area contributed by atoms with E-state index in [2.05, 4.69) is 10.2 Å². The molecule has 6 heteroatoms. The third-order valence-corrected chi connectivity index (χ3v) is 5.59. The molecule has 0 aliphatic carbocycles. The molecule has 1 N–H and O–H groups in total. The minimum Gasteiger partial charge on any atom is -0.461 e. The molecule has 0 unspecified atom stereocenters. The van der Waals surface area contributed by atoms with Gasteiger partial charge in [0.15, 0.2) is 0 Å². The van der Waals surface area contributed by atoms with E-state index in [1.807, 2.05) is 69.3 Å². The summed E-state index contributed by atoms with van der Waals surface area (Å²) in [6.45, 7) is 15.5. The van der Waals surface area contributed by atoms with Crippen LogP contribution in [0.1, 0.15) is 43.9 Å². The number of rotatable bonds is 7. The van der Waals surface area contributed by atoms with Gasteiger partial charge in [0.1, 0.15) is 5.69 Å². The van der Waals surface area contributed by atoms with Crippen molar-refractivity contribution in [2.45, 2.75) is 34.1 Å². The maximum Gasteiger partial charge on any atom is 0.354 e. The fourth-order valence-corrected chi connectivity index (χ4v) is 3.82. The van der Waals surface area contributed by atoms with Gasteiger partial charge in [0.05, 0.1) is 13.2 Å². The normalized spacial score (nSPS) is 10.7. The number of benzene rings is 2. The first kappa shape index (κ1) is 23.8. The fourth-order valence-electron chi connectivity index (χ4n) is 3.82. The summed E-state index contributed by atoms with van der Waals surface area (Å²) in [6.07, 6.45) is 0.637. The third-order valence-electron chi connectivity index (χ3n) is 5.59. The Morgan fingerprint density at radius 2 is 1.55 bits per heavy atom. The minimum atomic E-state index is -0.428. The minimum absolute atomic E-state index is 0.0190. The molecule has 0 radical (unpaired) electrons. The first-order valence-electron chi connectivity index (χ1n) is 11.1. The highest BCUT2D eigenvalue weighted by molar-refractivity contribution is 6.01. The van der Waals surface area contributed by atoms with E-state index in [1.54, 1.807) is 18.5 Å². The summed E-state index contributed by atoms with van der Waals surface area (Å²) in [4.78, 5) is 28.4. The van der Waals surface area contributed by atoms with Crippen LogP contribution in [-0.2, 0) is 23.0 Å². The van der Waals surface area contributed by atoms with Crippen LogP contribution in [0.3, 0.4) is 0 Å². The van der Waals surface area contributed by atoms with Crippen LogP contribution in [0.15, 0.2) is 48.5 Å². The van der Waals surface area contributed by atoms with E-state index in [1.165, 1.54) is 0 Å². The van der Waals surface area contributed by atoms with E-state index in [0.29, 0.717) is 23.4 Å².